The molecule has 3 heteroatoms. The number of primary amides is 1. The van der Waals surface area contributed by atoms with Crippen molar-refractivity contribution in [2.45, 2.75) is 58.9 Å². The van der Waals surface area contributed by atoms with Gasteiger partial charge in [-0.05, 0) is 43.2 Å². The molecule has 1 fully saturated rings. The number of carbonyl (C=O) groups is 1. The first-order valence-electron chi connectivity index (χ1n) is 8.34. The number of hydrogen-bond donors (Lipinski definition) is 1. The summed E-state index contributed by atoms with van der Waals surface area (Å²) in [4.78, 5) is 12.1. The molecule has 2 N–H and O–H groups in total. The van der Waals surface area contributed by atoms with E-state index in [9.17, 15) is 4.79 Å². The fourth-order valence-electron chi connectivity index (χ4n) is 3.53. The van der Waals surface area contributed by atoms with E-state index in [-0.39, 0.29) is 11.3 Å². The van der Waals surface area contributed by atoms with Crippen LogP contribution in [0.25, 0.3) is 11.1 Å². The Balaban J connectivity index is 2.15. The zero-order valence-corrected chi connectivity index (χ0v) is 14.7. The van der Waals surface area contributed by atoms with Crippen LogP contribution in [0.2, 0.25) is 0 Å². The average Bonchev–Trinajstić information content (AvgIpc) is 3.24. The van der Waals surface area contributed by atoms with E-state index in [0.29, 0.717) is 11.6 Å². The summed E-state index contributed by atoms with van der Waals surface area (Å²) in [5.74, 6) is -0.333. The lowest BCUT2D eigenvalue weighted by Crippen LogP contribution is -2.13. The lowest BCUT2D eigenvalue weighted by Gasteiger charge is -2.19. The molecule has 1 amide bonds. The third-order valence-corrected chi connectivity index (χ3v) is 4.89. The molecule has 0 bridgehead atoms. The van der Waals surface area contributed by atoms with Crippen LogP contribution in [0.1, 0.15) is 67.0 Å². The van der Waals surface area contributed by atoms with Crippen molar-refractivity contribution in [3.8, 4) is 11.1 Å². The second-order valence-electron chi connectivity index (χ2n) is 7.71. The van der Waals surface area contributed by atoms with E-state index in [1.807, 2.05) is 6.92 Å². The van der Waals surface area contributed by atoms with Crippen molar-refractivity contribution in [1.29, 1.82) is 0 Å². The van der Waals surface area contributed by atoms with Crippen molar-refractivity contribution in [3.63, 3.8) is 0 Å². The second-order valence-corrected chi connectivity index (χ2v) is 7.71. The Kier molecular flexibility index (Phi) is 3.62. The second kappa shape index (κ2) is 5.26. The number of rotatable bonds is 3. The van der Waals surface area contributed by atoms with Crippen molar-refractivity contribution in [2.24, 2.45) is 5.73 Å². The molecule has 122 valence electrons. The summed E-state index contributed by atoms with van der Waals surface area (Å²) in [6.07, 6.45) is 2.38. The Bertz CT molecular complexity index is 756. The first-order chi connectivity index (χ1) is 10.7. The van der Waals surface area contributed by atoms with E-state index in [1.54, 1.807) is 0 Å². The highest BCUT2D eigenvalue weighted by Gasteiger charge is 2.31. The summed E-state index contributed by atoms with van der Waals surface area (Å²) in [5, 5.41) is 0. The zero-order chi connectivity index (χ0) is 16.9. The highest BCUT2D eigenvalue weighted by atomic mass is 16.1. The molecule has 0 aliphatic heterocycles. The summed E-state index contributed by atoms with van der Waals surface area (Å²) in [6.45, 7) is 10.7. The molecule has 0 radical (unpaired) electrons. The lowest BCUT2D eigenvalue weighted by atomic mass is 9.86. The summed E-state index contributed by atoms with van der Waals surface area (Å²) in [5.41, 5.74) is 12.0. The molecule has 1 aliphatic carbocycles. The SMILES string of the molecule is Cc1c(C(N)=O)c(-c2ccc(C(C)(C)C)cc2)c(C)n1C1CC1. The molecule has 23 heavy (non-hydrogen) atoms. The number of benzene rings is 1. The molecule has 1 aromatic heterocycles. The molecule has 3 nitrogen and oxygen atoms in total. The molecule has 0 unspecified atom stereocenters. The van der Waals surface area contributed by atoms with E-state index < -0.39 is 0 Å². The standard InChI is InChI=1S/C20H26N2O/c1-12-17(14-6-8-15(9-7-14)20(3,4)5)18(19(21)23)13(2)22(12)16-10-11-16/h6-9,16H,10-11H2,1-5H3,(H2,21,23). The summed E-state index contributed by atoms with van der Waals surface area (Å²) in [6, 6.07) is 9.08. The first-order valence-corrected chi connectivity index (χ1v) is 8.34. The van der Waals surface area contributed by atoms with Gasteiger partial charge < -0.3 is 10.3 Å². The van der Waals surface area contributed by atoms with Gasteiger partial charge in [-0.1, -0.05) is 45.0 Å². The maximum atomic E-state index is 12.1. The maximum Gasteiger partial charge on any atom is 0.251 e. The van der Waals surface area contributed by atoms with Crippen LogP contribution in [0.15, 0.2) is 24.3 Å². The molecule has 2 aromatic rings. The molecule has 0 atom stereocenters. The topological polar surface area (TPSA) is 48.0 Å². The number of hydrogen-bond acceptors (Lipinski definition) is 1. The molecule has 1 aromatic carbocycles. The van der Waals surface area contributed by atoms with Crippen LogP contribution >= 0.6 is 0 Å². The van der Waals surface area contributed by atoms with Crippen LogP contribution in [-0.4, -0.2) is 10.5 Å². The predicted octanol–water partition coefficient (Wildman–Crippen LogP) is 4.50. The third kappa shape index (κ3) is 2.69. The Hall–Kier alpha value is -2.03. The smallest absolute Gasteiger partial charge is 0.251 e. The Morgan fingerprint density at radius 1 is 1.09 bits per heavy atom. The largest absolute Gasteiger partial charge is 0.366 e. The van der Waals surface area contributed by atoms with Crippen LogP contribution < -0.4 is 5.73 Å². The van der Waals surface area contributed by atoms with Crippen LogP contribution in [0.4, 0.5) is 0 Å². The van der Waals surface area contributed by atoms with Gasteiger partial charge >= 0.3 is 0 Å². The van der Waals surface area contributed by atoms with Crippen molar-refractivity contribution < 1.29 is 4.79 Å². The van der Waals surface area contributed by atoms with Gasteiger partial charge in [0, 0.05) is 23.0 Å². The number of carbonyl (C=O) groups excluding carboxylic acids is 1. The van der Waals surface area contributed by atoms with E-state index in [4.69, 9.17) is 5.73 Å². The summed E-state index contributed by atoms with van der Waals surface area (Å²) >= 11 is 0. The maximum absolute atomic E-state index is 12.1. The number of nitrogens with zero attached hydrogens (tertiary/aromatic N) is 1. The molecule has 3 rings (SSSR count). The van der Waals surface area contributed by atoms with Crippen LogP contribution in [-0.2, 0) is 5.41 Å². The fourth-order valence-corrected chi connectivity index (χ4v) is 3.53. The van der Waals surface area contributed by atoms with Gasteiger partial charge in [0.1, 0.15) is 0 Å². The fraction of sp³-hybridized carbons (Fsp3) is 0.450. The highest BCUT2D eigenvalue weighted by molar-refractivity contribution is 6.02. The van der Waals surface area contributed by atoms with Gasteiger partial charge in [0.05, 0.1) is 5.56 Å². The van der Waals surface area contributed by atoms with Crippen LogP contribution in [0.3, 0.4) is 0 Å². The molecule has 1 heterocycles. The van der Waals surface area contributed by atoms with Crippen LogP contribution in [0.5, 0.6) is 0 Å². The van der Waals surface area contributed by atoms with Crippen LogP contribution in [0, 0.1) is 13.8 Å². The number of nitrogens with two attached hydrogens (primary N) is 1. The van der Waals surface area contributed by atoms with E-state index >= 15 is 0 Å². The molecule has 0 saturated heterocycles. The molecule has 1 aliphatic rings. The number of aromatic nitrogens is 1. The van der Waals surface area contributed by atoms with Gasteiger partial charge in [-0.2, -0.15) is 0 Å². The minimum Gasteiger partial charge on any atom is -0.366 e. The van der Waals surface area contributed by atoms with E-state index in [1.165, 1.54) is 18.4 Å². The van der Waals surface area contributed by atoms with Gasteiger partial charge in [0.25, 0.3) is 5.91 Å². The lowest BCUT2D eigenvalue weighted by molar-refractivity contribution is 0.1000. The zero-order valence-electron chi connectivity index (χ0n) is 14.7. The summed E-state index contributed by atoms with van der Waals surface area (Å²) < 4.78 is 2.30. The summed E-state index contributed by atoms with van der Waals surface area (Å²) in [7, 11) is 0. The average molecular weight is 310 g/mol. The van der Waals surface area contributed by atoms with Gasteiger partial charge in [-0.15, -0.1) is 0 Å². The highest BCUT2D eigenvalue weighted by Crippen LogP contribution is 2.42. The van der Waals surface area contributed by atoms with E-state index in [0.717, 1.165) is 22.5 Å². The van der Waals surface area contributed by atoms with Gasteiger partial charge in [-0.25, -0.2) is 0 Å². The van der Waals surface area contributed by atoms with E-state index in [2.05, 4.69) is 56.5 Å². The predicted molar refractivity (Wildman–Crippen MR) is 94.8 cm³/mol. The van der Waals surface area contributed by atoms with Crippen molar-refractivity contribution in [2.75, 3.05) is 0 Å². The van der Waals surface area contributed by atoms with Gasteiger partial charge in [-0.3, -0.25) is 4.79 Å². The number of amides is 1. The Morgan fingerprint density at radius 3 is 2.09 bits per heavy atom. The molecule has 0 spiro atoms. The first kappa shape index (κ1) is 15.9. The Labute approximate surface area is 138 Å². The van der Waals surface area contributed by atoms with Crippen molar-refractivity contribution in [1.82, 2.24) is 4.57 Å². The Morgan fingerprint density at radius 2 is 1.65 bits per heavy atom. The molecule has 1 saturated carbocycles. The third-order valence-electron chi connectivity index (χ3n) is 4.89. The van der Waals surface area contributed by atoms with Gasteiger partial charge in [0.2, 0.25) is 0 Å². The monoisotopic (exact) mass is 310 g/mol. The molecular weight excluding hydrogens is 284 g/mol. The quantitative estimate of drug-likeness (QED) is 0.891. The normalized spacial score (nSPS) is 15.0. The van der Waals surface area contributed by atoms with Crippen molar-refractivity contribution in [3.05, 3.63) is 46.8 Å². The minimum atomic E-state index is -0.333. The van der Waals surface area contributed by atoms with Gasteiger partial charge in [0.15, 0.2) is 0 Å². The molecular formula is C20H26N2O. The minimum absolute atomic E-state index is 0.121. The van der Waals surface area contributed by atoms with Crippen molar-refractivity contribution >= 4 is 5.91 Å².